The molecule has 0 spiro atoms. The molecule has 19 heavy (non-hydrogen) atoms. The molecule has 1 saturated carbocycles. The van der Waals surface area contributed by atoms with E-state index in [-0.39, 0.29) is 17.8 Å². The molecule has 2 rings (SSSR count). The monoisotopic (exact) mass is 263 g/mol. The van der Waals surface area contributed by atoms with Crippen molar-refractivity contribution in [1.82, 2.24) is 5.32 Å². The summed E-state index contributed by atoms with van der Waals surface area (Å²) in [7, 11) is 0. The van der Waals surface area contributed by atoms with E-state index in [0.29, 0.717) is 18.9 Å². The Labute approximate surface area is 113 Å². The summed E-state index contributed by atoms with van der Waals surface area (Å²) in [6.07, 6.45) is 3.93. The summed E-state index contributed by atoms with van der Waals surface area (Å²) < 4.78 is 0. The third-order valence-electron chi connectivity index (χ3n) is 3.64. The van der Waals surface area contributed by atoms with Crippen LogP contribution in [0.5, 0.6) is 5.75 Å². The number of aliphatic hydroxyl groups excluding tert-OH is 1. The van der Waals surface area contributed by atoms with Gasteiger partial charge in [-0.3, -0.25) is 4.79 Å². The number of rotatable bonds is 4. The summed E-state index contributed by atoms with van der Waals surface area (Å²) in [5.74, 6) is 0.596. The average Bonchev–Trinajstić information content (AvgIpc) is 2.39. The van der Waals surface area contributed by atoms with E-state index in [2.05, 4.69) is 5.32 Å². The molecule has 2 atom stereocenters. The van der Waals surface area contributed by atoms with Gasteiger partial charge in [0.15, 0.2) is 0 Å². The van der Waals surface area contributed by atoms with Crippen molar-refractivity contribution in [1.29, 1.82) is 0 Å². The maximum atomic E-state index is 11.8. The van der Waals surface area contributed by atoms with Crippen molar-refractivity contribution < 1.29 is 15.0 Å². The summed E-state index contributed by atoms with van der Waals surface area (Å²) in [4.78, 5) is 11.8. The highest BCUT2D eigenvalue weighted by Crippen LogP contribution is 2.23. The molecule has 1 aromatic rings. The first-order valence-electron chi connectivity index (χ1n) is 6.86. The summed E-state index contributed by atoms with van der Waals surface area (Å²) >= 11 is 0. The number of hydrogen-bond acceptors (Lipinski definition) is 3. The molecule has 0 heterocycles. The minimum absolute atomic E-state index is 0.00856. The molecule has 1 fully saturated rings. The third kappa shape index (κ3) is 4.56. The largest absolute Gasteiger partial charge is 0.508 e. The van der Waals surface area contributed by atoms with Gasteiger partial charge in [0, 0.05) is 6.54 Å². The van der Waals surface area contributed by atoms with Gasteiger partial charge >= 0.3 is 0 Å². The van der Waals surface area contributed by atoms with Gasteiger partial charge < -0.3 is 15.5 Å². The van der Waals surface area contributed by atoms with Crippen LogP contribution >= 0.6 is 0 Å². The van der Waals surface area contributed by atoms with Crippen molar-refractivity contribution in [3.05, 3.63) is 29.8 Å². The van der Waals surface area contributed by atoms with E-state index in [4.69, 9.17) is 5.11 Å². The van der Waals surface area contributed by atoms with Gasteiger partial charge in [-0.15, -0.1) is 0 Å². The van der Waals surface area contributed by atoms with E-state index < -0.39 is 0 Å². The number of aromatic hydroxyl groups is 1. The maximum absolute atomic E-state index is 11.8. The van der Waals surface area contributed by atoms with Crippen LogP contribution < -0.4 is 5.32 Å². The summed E-state index contributed by atoms with van der Waals surface area (Å²) in [6.45, 7) is 0.647. The number of hydrogen-bond donors (Lipinski definition) is 3. The Bertz CT molecular complexity index is 416. The summed E-state index contributed by atoms with van der Waals surface area (Å²) in [5, 5.41) is 21.7. The lowest BCUT2D eigenvalue weighted by Gasteiger charge is -2.25. The predicted octanol–water partition coefficient (Wildman–Crippen LogP) is 1.60. The van der Waals surface area contributed by atoms with Crippen LogP contribution in [0.1, 0.15) is 31.2 Å². The molecule has 2 unspecified atom stereocenters. The average molecular weight is 263 g/mol. The molecule has 104 valence electrons. The van der Waals surface area contributed by atoms with E-state index in [0.717, 1.165) is 31.2 Å². The van der Waals surface area contributed by atoms with Crippen molar-refractivity contribution in [3.63, 3.8) is 0 Å². The minimum Gasteiger partial charge on any atom is -0.508 e. The van der Waals surface area contributed by atoms with Gasteiger partial charge in [0.25, 0.3) is 0 Å². The highest BCUT2D eigenvalue weighted by molar-refractivity contribution is 5.78. The SMILES string of the molecule is O=C(Cc1ccc(O)cc1)NCC1CCCC(O)C1. The lowest BCUT2D eigenvalue weighted by molar-refractivity contribution is -0.120. The maximum Gasteiger partial charge on any atom is 0.224 e. The van der Waals surface area contributed by atoms with Crippen molar-refractivity contribution in [2.45, 2.75) is 38.2 Å². The molecule has 1 aliphatic carbocycles. The number of nitrogens with one attached hydrogen (secondary N) is 1. The van der Waals surface area contributed by atoms with Crippen LogP contribution in [0.4, 0.5) is 0 Å². The first-order chi connectivity index (χ1) is 9.13. The fourth-order valence-corrected chi connectivity index (χ4v) is 2.57. The Morgan fingerprint density at radius 2 is 2.00 bits per heavy atom. The number of carbonyl (C=O) groups is 1. The van der Waals surface area contributed by atoms with Gasteiger partial charge in [0.2, 0.25) is 5.91 Å². The number of amides is 1. The van der Waals surface area contributed by atoms with Gasteiger partial charge in [-0.05, 0) is 42.9 Å². The number of carbonyl (C=O) groups excluding carboxylic acids is 1. The van der Waals surface area contributed by atoms with E-state index in [9.17, 15) is 9.90 Å². The van der Waals surface area contributed by atoms with Gasteiger partial charge in [0.05, 0.1) is 12.5 Å². The Balaban J connectivity index is 1.73. The van der Waals surface area contributed by atoms with Crippen LogP contribution in [0.25, 0.3) is 0 Å². The number of benzene rings is 1. The van der Waals surface area contributed by atoms with E-state index in [1.165, 1.54) is 0 Å². The zero-order valence-electron chi connectivity index (χ0n) is 11.0. The molecule has 1 amide bonds. The van der Waals surface area contributed by atoms with Gasteiger partial charge in [0.1, 0.15) is 5.75 Å². The Morgan fingerprint density at radius 3 is 2.68 bits per heavy atom. The van der Waals surface area contributed by atoms with Crippen LogP contribution in [-0.4, -0.2) is 28.8 Å². The summed E-state index contributed by atoms with van der Waals surface area (Å²) in [5.41, 5.74) is 0.888. The topological polar surface area (TPSA) is 69.6 Å². The van der Waals surface area contributed by atoms with E-state index in [1.54, 1.807) is 24.3 Å². The van der Waals surface area contributed by atoms with Crippen LogP contribution in [0, 0.1) is 5.92 Å². The molecule has 0 radical (unpaired) electrons. The molecular formula is C15H21NO3. The molecule has 4 nitrogen and oxygen atoms in total. The first-order valence-corrected chi connectivity index (χ1v) is 6.86. The molecular weight excluding hydrogens is 242 g/mol. The fourth-order valence-electron chi connectivity index (χ4n) is 2.57. The normalized spacial score (nSPS) is 23.0. The van der Waals surface area contributed by atoms with Crippen LogP contribution in [0.3, 0.4) is 0 Å². The smallest absolute Gasteiger partial charge is 0.224 e. The predicted molar refractivity (Wildman–Crippen MR) is 72.8 cm³/mol. The third-order valence-corrected chi connectivity index (χ3v) is 3.64. The highest BCUT2D eigenvalue weighted by atomic mass is 16.3. The molecule has 0 bridgehead atoms. The molecule has 4 heteroatoms. The Kier molecular flexibility index (Phi) is 4.80. The van der Waals surface area contributed by atoms with E-state index >= 15 is 0 Å². The van der Waals surface area contributed by atoms with Crippen LogP contribution in [0.2, 0.25) is 0 Å². The van der Waals surface area contributed by atoms with Crippen molar-refractivity contribution in [2.75, 3.05) is 6.54 Å². The van der Waals surface area contributed by atoms with Crippen molar-refractivity contribution in [3.8, 4) is 5.75 Å². The van der Waals surface area contributed by atoms with E-state index in [1.807, 2.05) is 0 Å². The Hall–Kier alpha value is -1.55. The zero-order chi connectivity index (χ0) is 13.7. The highest BCUT2D eigenvalue weighted by Gasteiger charge is 2.20. The van der Waals surface area contributed by atoms with Gasteiger partial charge in [-0.2, -0.15) is 0 Å². The fraction of sp³-hybridized carbons (Fsp3) is 0.533. The standard InChI is InChI=1S/C15H21NO3/c17-13-6-4-11(5-7-13)9-15(19)16-10-12-2-1-3-14(18)8-12/h4-7,12,14,17-18H,1-3,8-10H2,(H,16,19). The van der Waals surface area contributed by atoms with Crippen LogP contribution in [0.15, 0.2) is 24.3 Å². The lowest BCUT2D eigenvalue weighted by Crippen LogP contribution is -2.33. The Morgan fingerprint density at radius 1 is 1.26 bits per heavy atom. The molecule has 0 aliphatic heterocycles. The molecule has 0 saturated heterocycles. The lowest BCUT2D eigenvalue weighted by atomic mass is 9.87. The van der Waals surface area contributed by atoms with Crippen molar-refractivity contribution in [2.24, 2.45) is 5.92 Å². The summed E-state index contributed by atoms with van der Waals surface area (Å²) in [6, 6.07) is 6.67. The van der Waals surface area contributed by atoms with Crippen molar-refractivity contribution >= 4 is 5.91 Å². The number of aliphatic hydroxyl groups is 1. The molecule has 3 N–H and O–H groups in total. The first kappa shape index (κ1) is 13.9. The molecule has 1 aliphatic rings. The second kappa shape index (κ2) is 6.57. The second-order valence-electron chi connectivity index (χ2n) is 5.33. The van der Waals surface area contributed by atoms with Gasteiger partial charge in [-0.25, -0.2) is 0 Å². The zero-order valence-corrected chi connectivity index (χ0v) is 11.0. The molecule has 1 aromatic carbocycles. The quantitative estimate of drug-likeness (QED) is 0.773. The number of phenolic OH excluding ortho intramolecular Hbond substituents is 1. The number of phenols is 1. The van der Waals surface area contributed by atoms with Gasteiger partial charge in [-0.1, -0.05) is 18.6 Å². The minimum atomic E-state index is -0.201. The molecule has 0 aromatic heterocycles. The second-order valence-corrected chi connectivity index (χ2v) is 5.33. The van der Waals surface area contributed by atoms with Crippen LogP contribution in [-0.2, 0) is 11.2 Å².